The fourth-order valence-electron chi connectivity index (χ4n) is 2.96. The van der Waals surface area contributed by atoms with Crippen LogP contribution in [-0.2, 0) is 10.2 Å². The molecule has 2 N–H and O–H groups in total. The third-order valence-electron chi connectivity index (χ3n) is 4.44. The quantitative estimate of drug-likeness (QED) is 0.662. The van der Waals surface area contributed by atoms with Crippen molar-refractivity contribution in [2.45, 2.75) is 51.4 Å². The summed E-state index contributed by atoms with van der Waals surface area (Å²) < 4.78 is 0. The maximum atomic E-state index is 11.9. The van der Waals surface area contributed by atoms with Crippen molar-refractivity contribution in [1.29, 1.82) is 0 Å². The van der Waals surface area contributed by atoms with Gasteiger partial charge in [0.2, 0.25) is 0 Å². The molecule has 0 saturated carbocycles. The van der Waals surface area contributed by atoms with Crippen LogP contribution in [-0.4, -0.2) is 22.8 Å². The predicted octanol–water partition coefficient (Wildman–Crippen LogP) is 5.03. The molecule has 3 heteroatoms. The van der Waals surface area contributed by atoms with Crippen molar-refractivity contribution < 1.29 is 15.0 Å². The summed E-state index contributed by atoms with van der Waals surface area (Å²) in [5.74, 6) is -0.803. The Labute approximate surface area is 151 Å². The molecule has 3 nitrogen and oxygen atoms in total. The Morgan fingerprint density at radius 2 is 1.32 bits per heavy atom. The molecular weight excluding hydrogens is 312 g/mol. The molecule has 0 spiro atoms. The van der Waals surface area contributed by atoms with Crippen molar-refractivity contribution >= 4 is 5.97 Å². The molecule has 0 aliphatic heterocycles. The zero-order valence-corrected chi connectivity index (χ0v) is 15.3. The fraction of sp³-hybridized carbons (Fsp3) is 0.409. The number of carbonyl (C=O) groups is 1. The number of rotatable bonds is 8. The van der Waals surface area contributed by atoms with E-state index in [2.05, 4.69) is 6.92 Å². The molecule has 25 heavy (non-hydrogen) atoms. The number of hydrogen-bond acceptors (Lipinski definition) is 2. The van der Waals surface area contributed by atoms with E-state index in [4.69, 9.17) is 5.11 Å². The summed E-state index contributed by atoms with van der Waals surface area (Å²) in [7, 11) is 0. The van der Waals surface area contributed by atoms with E-state index in [1.807, 2.05) is 67.6 Å². The third kappa shape index (κ3) is 5.71. The number of carboxylic acids is 1. The van der Waals surface area contributed by atoms with Crippen LogP contribution < -0.4 is 0 Å². The van der Waals surface area contributed by atoms with Crippen molar-refractivity contribution in [1.82, 2.24) is 0 Å². The molecule has 0 unspecified atom stereocenters. The molecule has 0 aromatic heterocycles. The molecular formula is C22H30O3. The van der Waals surface area contributed by atoms with Gasteiger partial charge < -0.3 is 10.2 Å². The summed E-state index contributed by atoms with van der Waals surface area (Å²) in [6, 6.07) is 18.8. The molecule has 0 heterocycles. The van der Waals surface area contributed by atoms with Gasteiger partial charge in [-0.05, 0) is 24.0 Å². The first-order valence-electron chi connectivity index (χ1n) is 9.08. The van der Waals surface area contributed by atoms with Gasteiger partial charge in [-0.15, -0.1) is 0 Å². The van der Waals surface area contributed by atoms with Crippen LogP contribution in [0.4, 0.5) is 0 Å². The number of benzene rings is 2. The highest BCUT2D eigenvalue weighted by Crippen LogP contribution is 2.35. The zero-order valence-electron chi connectivity index (χ0n) is 15.3. The monoisotopic (exact) mass is 342 g/mol. The predicted molar refractivity (Wildman–Crippen MR) is 103 cm³/mol. The Morgan fingerprint density at radius 1 is 0.840 bits per heavy atom. The van der Waals surface area contributed by atoms with Crippen molar-refractivity contribution in [2.24, 2.45) is 0 Å². The largest absolute Gasteiger partial charge is 0.480 e. The van der Waals surface area contributed by atoms with Crippen LogP contribution in [0.1, 0.15) is 57.1 Å². The Morgan fingerprint density at radius 3 is 1.64 bits per heavy atom. The van der Waals surface area contributed by atoms with Gasteiger partial charge in [0, 0.05) is 6.61 Å². The summed E-state index contributed by atoms with van der Waals surface area (Å²) in [5, 5.41) is 18.0. The molecule has 2 rings (SSSR count). The lowest BCUT2D eigenvalue weighted by atomic mass is 9.72. The van der Waals surface area contributed by atoms with Gasteiger partial charge in [-0.2, -0.15) is 0 Å². The van der Waals surface area contributed by atoms with E-state index in [1.165, 1.54) is 19.3 Å². The van der Waals surface area contributed by atoms with Crippen molar-refractivity contribution in [3.63, 3.8) is 0 Å². The average Bonchev–Trinajstić information content (AvgIpc) is 2.65. The number of carboxylic acid groups (broad SMARTS) is 1. The molecule has 0 aliphatic carbocycles. The van der Waals surface area contributed by atoms with Crippen molar-refractivity contribution in [3.05, 3.63) is 71.8 Å². The number of aliphatic hydroxyl groups excluding tert-OH is 1. The van der Waals surface area contributed by atoms with Crippen LogP contribution in [0.5, 0.6) is 0 Å². The fourth-order valence-corrected chi connectivity index (χ4v) is 2.96. The second kappa shape index (κ2) is 11.4. The molecule has 0 atom stereocenters. The lowest BCUT2D eigenvalue weighted by Gasteiger charge is -2.29. The van der Waals surface area contributed by atoms with Gasteiger partial charge in [-0.25, -0.2) is 0 Å². The Kier molecular flexibility index (Phi) is 9.56. The van der Waals surface area contributed by atoms with Crippen molar-refractivity contribution in [2.75, 3.05) is 6.61 Å². The van der Waals surface area contributed by atoms with Gasteiger partial charge in [0.15, 0.2) is 0 Å². The first-order valence-corrected chi connectivity index (χ1v) is 9.08. The highest BCUT2D eigenvalue weighted by atomic mass is 16.4. The minimum Gasteiger partial charge on any atom is -0.480 e. The first kappa shape index (κ1) is 20.9. The van der Waals surface area contributed by atoms with Gasteiger partial charge in [-0.3, -0.25) is 4.79 Å². The van der Waals surface area contributed by atoms with E-state index in [-0.39, 0.29) is 0 Å². The minimum absolute atomic E-state index is 0.361. The minimum atomic E-state index is -0.956. The Hall–Kier alpha value is -2.13. The molecule has 0 amide bonds. The maximum Gasteiger partial charge on any atom is 0.318 e. The molecule has 0 fully saturated rings. The molecule has 0 aliphatic rings. The zero-order chi connectivity index (χ0) is 18.5. The summed E-state index contributed by atoms with van der Waals surface area (Å²) >= 11 is 0. The van der Waals surface area contributed by atoms with E-state index >= 15 is 0 Å². The number of aliphatic carboxylic acids is 1. The molecule has 0 bridgehead atoms. The van der Waals surface area contributed by atoms with E-state index in [0.717, 1.165) is 17.5 Å². The Balaban J connectivity index is 0.000000381. The topological polar surface area (TPSA) is 57.5 Å². The van der Waals surface area contributed by atoms with Crippen LogP contribution in [0.15, 0.2) is 60.7 Å². The molecule has 2 aromatic rings. The second-order valence-corrected chi connectivity index (χ2v) is 6.08. The van der Waals surface area contributed by atoms with Crippen LogP contribution in [0.3, 0.4) is 0 Å². The number of hydrogen-bond donors (Lipinski definition) is 2. The summed E-state index contributed by atoms with van der Waals surface area (Å²) in [6.07, 6.45) is 5.21. The van der Waals surface area contributed by atoms with Gasteiger partial charge in [0.1, 0.15) is 5.41 Å². The summed E-state index contributed by atoms with van der Waals surface area (Å²) in [6.45, 7) is 4.44. The molecule has 0 radical (unpaired) electrons. The lowest BCUT2D eigenvalue weighted by Crippen LogP contribution is -2.36. The van der Waals surface area contributed by atoms with E-state index in [0.29, 0.717) is 13.0 Å². The normalized spacial score (nSPS) is 10.7. The molecule has 136 valence electrons. The Bertz CT molecular complexity index is 550. The van der Waals surface area contributed by atoms with Crippen LogP contribution in [0, 0.1) is 0 Å². The first-order chi connectivity index (χ1) is 12.1. The summed E-state index contributed by atoms with van der Waals surface area (Å²) in [4.78, 5) is 11.9. The van der Waals surface area contributed by atoms with E-state index < -0.39 is 11.4 Å². The summed E-state index contributed by atoms with van der Waals surface area (Å²) in [5.41, 5.74) is 0.695. The number of aliphatic hydroxyl groups is 1. The number of unbranched alkanes of at least 4 members (excludes halogenated alkanes) is 3. The smallest absolute Gasteiger partial charge is 0.318 e. The van der Waals surface area contributed by atoms with Crippen LogP contribution >= 0.6 is 0 Å². The van der Waals surface area contributed by atoms with Crippen LogP contribution in [0.25, 0.3) is 0 Å². The van der Waals surface area contributed by atoms with E-state index in [1.54, 1.807) is 0 Å². The van der Waals surface area contributed by atoms with Gasteiger partial charge >= 0.3 is 5.97 Å². The van der Waals surface area contributed by atoms with Gasteiger partial charge in [0.25, 0.3) is 0 Å². The third-order valence-corrected chi connectivity index (χ3v) is 4.44. The standard InChI is InChI=1S/C16H16O2.C6H14O/c1-2-16(15(17)18,13-9-5-3-6-10-13)14-11-7-4-8-12-14;1-2-3-4-5-6-7/h3-12H,2H2,1H3,(H,17,18);7H,2-6H2,1H3. The average molecular weight is 342 g/mol. The van der Waals surface area contributed by atoms with Gasteiger partial charge in [0.05, 0.1) is 0 Å². The SMILES string of the molecule is CCC(C(=O)O)(c1ccccc1)c1ccccc1.CCCCCCO. The molecule has 0 saturated heterocycles. The molecule has 2 aromatic carbocycles. The highest BCUT2D eigenvalue weighted by molar-refractivity contribution is 5.86. The van der Waals surface area contributed by atoms with E-state index in [9.17, 15) is 9.90 Å². The van der Waals surface area contributed by atoms with Gasteiger partial charge in [-0.1, -0.05) is 93.8 Å². The van der Waals surface area contributed by atoms with Crippen molar-refractivity contribution in [3.8, 4) is 0 Å². The lowest BCUT2D eigenvalue weighted by molar-refractivity contribution is -0.142. The highest BCUT2D eigenvalue weighted by Gasteiger charge is 2.40. The van der Waals surface area contributed by atoms with Crippen LogP contribution in [0.2, 0.25) is 0 Å². The maximum absolute atomic E-state index is 11.9. The second-order valence-electron chi connectivity index (χ2n) is 6.08.